The molecule has 0 amide bonds. The molecule has 0 saturated carbocycles. The number of methoxy groups -OCH3 is 1. The smallest absolute Gasteiger partial charge is 0.281 e. The molecular weight excluding hydrogens is 278 g/mol. The molecule has 0 spiro atoms. The second kappa shape index (κ2) is 8.94. The van der Waals surface area contributed by atoms with Gasteiger partial charge in [0.25, 0.3) is 10.2 Å². The Kier molecular flexibility index (Phi) is 7.98. The fraction of sp³-hybridized carbons (Fsp3) is 1.00. The Morgan fingerprint density at radius 3 is 2.50 bits per heavy atom. The summed E-state index contributed by atoms with van der Waals surface area (Å²) in [6.07, 6.45) is 3.70. The Bertz CT molecular complexity index is 354. The predicted octanol–water partition coefficient (Wildman–Crippen LogP) is 0.664. The van der Waals surface area contributed by atoms with Gasteiger partial charge in [-0.2, -0.15) is 17.0 Å². The first-order valence-electron chi connectivity index (χ1n) is 7.47. The van der Waals surface area contributed by atoms with E-state index in [9.17, 15) is 8.42 Å². The summed E-state index contributed by atoms with van der Waals surface area (Å²) in [4.78, 5) is 0. The first kappa shape index (κ1) is 17.8. The molecule has 1 aliphatic rings. The van der Waals surface area contributed by atoms with Crippen LogP contribution in [0, 0.1) is 0 Å². The molecule has 1 N–H and O–H groups in total. The molecule has 7 heteroatoms. The van der Waals surface area contributed by atoms with Gasteiger partial charge in [0.05, 0.1) is 6.10 Å². The third-order valence-electron chi connectivity index (χ3n) is 3.71. The third kappa shape index (κ3) is 5.29. The molecule has 0 aromatic carbocycles. The molecular formula is C13H29N3O3S. The summed E-state index contributed by atoms with van der Waals surface area (Å²) in [5, 5.41) is 3.28. The summed E-state index contributed by atoms with van der Waals surface area (Å²) in [7, 11) is 0.0459. The van der Waals surface area contributed by atoms with Gasteiger partial charge in [0, 0.05) is 33.8 Å². The summed E-state index contributed by atoms with van der Waals surface area (Å²) in [5.74, 6) is 0. The molecule has 6 nitrogen and oxygen atoms in total. The summed E-state index contributed by atoms with van der Waals surface area (Å²) in [6.45, 7) is 5.63. The van der Waals surface area contributed by atoms with Crippen LogP contribution in [-0.2, 0) is 14.9 Å². The highest BCUT2D eigenvalue weighted by molar-refractivity contribution is 7.86. The number of hydrogen-bond donors (Lipinski definition) is 1. The van der Waals surface area contributed by atoms with Gasteiger partial charge in [-0.25, -0.2) is 0 Å². The first-order valence-corrected chi connectivity index (χ1v) is 8.87. The van der Waals surface area contributed by atoms with Gasteiger partial charge >= 0.3 is 0 Å². The van der Waals surface area contributed by atoms with Gasteiger partial charge < -0.3 is 10.1 Å². The number of nitrogens with zero attached hydrogens (tertiary/aromatic N) is 2. The molecule has 0 aromatic rings. The van der Waals surface area contributed by atoms with Crippen molar-refractivity contribution in [1.29, 1.82) is 0 Å². The molecule has 0 unspecified atom stereocenters. The monoisotopic (exact) mass is 307 g/mol. The summed E-state index contributed by atoms with van der Waals surface area (Å²) >= 11 is 0. The SMILES string of the molecule is CCCNCCCN(C)S(=O)(=O)N1CCC(OC)CC1. The van der Waals surface area contributed by atoms with Gasteiger partial charge in [0.1, 0.15) is 0 Å². The van der Waals surface area contributed by atoms with Crippen LogP contribution in [0.3, 0.4) is 0 Å². The zero-order valence-corrected chi connectivity index (χ0v) is 13.8. The Hall–Kier alpha value is -0.210. The van der Waals surface area contributed by atoms with E-state index in [0.29, 0.717) is 19.6 Å². The van der Waals surface area contributed by atoms with Gasteiger partial charge in [0.2, 0.25) is 0 Å². The zero-order chi connectivity index (χ0) is 15.0. The molecule has 1 saturated heterocycles. The Morgan fingerprint density at radius 2 is 1.95 bits per heavy atom. The molecule has 0 atom stereocenters. The van der Waals surface area contributed by atoms with Crippen LogP contribution >= 0.6 is 0 Å². The van der Waals surface area contributed by atoms with Crippen LogP contribution in [0.25, 0.3) is 0 Å². The number of piperidine rings is 1. The van der Waals surface area contributed by atoms with E-state index in [1.165, 1.54) is 4.31 Å². The fourth-order valence-electron chi connectivity index (χ4n) is 2.34. The van der Waals surface area contributed by atoms with Crippen molar-refractivity contribution in [1.82, 2.24) is 13.9 Å². The highest BCUT2D eigenvalue weighted by atomic mass is 32.2. The number of ether oxygens (including phenoxy) is 1. The molecule has 0 radical (unpaired) electrons. The second-order valence-corrected chi connectivity index (χ2v) is 7.30. The lowest BCUT2D eigenvalue weighted by atomic mass is 10.1. The van der Waals surface area contributed by atoms with Crippen molar-refractivity contribution in [3.05, 3.63) is 0 Å². The molecule has 120 valence electrons. The van der Waals surface area contributed by atoms with Gasteiger partial charge in [0.15, 0.2) is 0 Å². The van der Waals surface area contributed by atoms with Crippen molar-refractivity contribution in [2.24, 2.45) is 0 Å². The summed E-state index contributed by atoms with van der Waals surface area (Å²) in [5.41, 5.74) is 0. The van der Waals surface area contributed by atoms with Crippen molar-refractivity contribution >= 4 is 10.2 Å². The van der Waals surface area contributed by atoms with Crippen molar-refractivity contribution in [2.45, 2.75) is 38.7 Å². The van der Waals surface area contributed by atoms with Gasteiger partial charge in [-0.1, -0.05) is 6.92 Å². The van der Waals surface area contributed by atoms with E-state index in [4.69, 9.17) is 4.74 Å². The Balaban J connectivity index is 2.35. The molecule has 1 aliphatic heterocycles. The highest BCUT2D eigenvalue weighted by Crippen LogP contribution is 2.17. The van der Waals surface area contributed by atoms with E-state index in [1.54, 1.807) is 18.5 Å². The molecule has 0 aliphatic carbocycles. The van der Waals surface area contributed by atoms with Gasteiger partial charge in [-0.15, -0.1) is 0 Å². The van der Waals surface area contributed by atoms with E-state index in [2.05, 4.69) is 12.2 Å². The maximum absolute atomic E-state index is 12.4. The van der Waals surface area contributed by atoms with Crippen LogP contribution in [0.4, 0.5) is 0 Å². The quantitative estimate of drug-likeness (QED) is 0.636. The number of hydrogen-bond acceptors (Lipinski definition) is 4. The van der Waals surface area contributed by atoms with Crippen molar-refractivity contribution in [3.8, 4) is 0 Å². The standard InChI is InChI=1S/C13H29N3O3S/c1-4-8-14-9-5-10-15(2)20(17,18)16-11-6-13(19-3)7-12-16/h13-14H,4-12H2,1-3H3. The maximum Gasteiger partial charge on any atom is 0.281 e. The largest absolute Gasteiger partial charge is 0.381 e. The lowest BCUT2D eigenvalue weighted by molar-refractivity contribution is 0.0593. The van der Waals surface area contributed by atoms with Gasteiger partial charge in [-0.3, -0.25) is 0 Å². The van der Waals surface area contributed by atoms with Crippen LogP contribution in [0.5, 0.6) is 0 Å². The molecule has 20 heavy (non-hydrogen) atoms. The molecule has 0 aromatic heterocycles. The van der Waals surface area contributed by atoms with Crippen LogP contribution < -0.4 is 5.32 Å². The maximum atomic E-state index is 12.4. The Morgan fingerprint density at radius 1 is 1.30 bits per heavy atom. The van der Waals surface area contributed by atoms with Crippen LogP contribution in [0.1, 0.15) is 32.6 Å². The van der Waals surface area contributed by atoms with Crippen molar-refractivity contribution in [2.75, 3.05) is 46.9 Å². The number of rotatable bonds is 9. The minimum absolute atomic E-state index is 0.199. The minimum atomic E-state index is -3.30. The van der Waals surface area contributed by atoms with E-state index < -0.39 is 10.2 Å². The average Bonchev–Trinajstić information content (AvgIpc) is 2.46. The predicted molar refractivity (Wildman–Crippen MR) is 80.9 cm³/mol. The molecule has 1 fully saturated rings. The fourth-order valence-corrected chi connectivity index (χ4v) is 3.77. The first-order chi connectivity index (χ1) is 9.52. The zero-order valence-electron chi connectivity index (χ0n) is 13.0. The Labute approximate surface area is 123 Å². The topological polar surface area (TPSA) is 61.9 Å². The van der Waals surface area contributed by atoms with Crippen molar-refractivity contribution in [3.63, 3.8) is 0 Å². The summed E-state index contributed by atoms with van der Waals surface area (Å²) < 4.78 is 33.1. The minimum Gasteiger partial charge on any atom is -0.381 e. The van der Waals surface area contributed by atoms with E-state index in [-0.39, 0.29) is 6.10 Å². The van der Waals surface area contributed by atoms with E-state index >= 15 is 0 Å². The van der Waals surface area contributed by atoms with Crippen LogP contribution in [-0.4, -0.2) is 70.0 Å². The van der Waals surface area contributed by atoms with Crippen LogP contribution in [0.15, 0.2) is 0 Å². The van der Waals surface area contributed by atoms with E-state index in [0.717, 1.165) is 38.8 Å². The van der Waals surface area contributed by atoms with E-state index in [1.807, 2.05) is 0 Å². The normalized spacial score (nSPS) is 18.8. The molecule has 1 heterocycles. The lowest BCUT2D eigenvalue weighted by Crippen LogP contribution is -2.47. The molecule has 0 bridgehead atoms. The third-order valence-corrected chi connectivity index (χ3v) is 5.70. The second-order valence-electron chi connectivity index (χ2n) is 5.27. The average molecular weight is 307 g/mol. The molecule has 1 rings (SSSR count). The highest BCUT2D eigenvalue weighted by Gasteiger charge is 2.30. The van der Waals surface area contributed by atoms with Crippen LogP contribution in [0.2, 0.25) is 0 Å². The van der Waals surface area contributed by atoms with Crippen molar-refractivity contribution < 1.29 is 13.2 Å². The summed E-state index contributed by atoms with van der Waals surface area (Å²) in [6, 6.07) is 0. The number of nitrogens with one attached hydrogen (secondary N) is 1. The van der Waals surface area contributed by atoms with Gasteiger partial charge in [-0.05, 0) is 38.8 Å². The lowest BCUT2D eigenvalue weighted by Gasteiger charge is -2.33.